The second kappa shape index (κ2) is 6.16. The maximum absolute atomic E-state index is 10.8. The first-order chi connectivity index (χ1) is 10.0. The summed E-state index contributed by atoms with van der Waals surface area (Å²) in [6.45, 7) is 3.20. The van der Waals surface area contributed by atoms with Crippen LogP contribution in [0.3, 0.4) is 0 Å². The molecule has 1 aromatic carbocycles. The molecule has 1 aromatic heterocycles. The van der Waals surface area contributed by atoms with E-state index in [-0.39, 0.29) is 5.75 Å². The molecular weight excluding hydrogens is 399 g/mol. The van der Waals surface area contributed by atoms with Crippen LogP contribution in [0.4, 0.5) is 0 Å². The van der Waals surface area contributed by atoms with Crippen LogP contribution >= 0.6 is 34.4 Å². The van der Waals surface area contributed by atoms with Crippen LogP contribution in [0.2, 0.25) is 0 Å². The highest BCUT2D eigenvalue weighted by molar-refractivity contribution is 14.1. The van der Waals surface area contributed by atoms with Crippen LogP contribution in [0.15, 0.2) is 23.4 Å². The number of aliphatic carboxylic acids is 1. The lowest BCUT2D eigenvalue weighted by molar-refractivity contribution is -0.133. The van der Waals surface area contributed by atoms with E-state index in [1.165, 1.54) is 24.6 Å². The molecule has 21 heavy (non-hydrogen) atoms. The van der Waals surface area contributed by atoms with Crippen molar-refractivity contribution in [3.05, 3.63) is 21.8 Å². The zero-order valence-electron chi connectivity index (χ0n) is 11.8. The molecule has 1 unspecified atom stereocenters. The van der Waals surface area contributed by atoms with Gasteiger partial charge in [-0.05, 0) is 65.5 Å². The Kier molecular flexibility index (Phi) is 4.44. The van der Waals surface area contributed by atoms with Crippen molar-refractivity contribution in [2.75, 3.05) is 5.75 Å². The van der Waals surface area contributed by atoms with Gasteiger partial charge in [-0.15, -0.1) is 0 Å². The van der Waals surface area contributed by atoms with Gasteiger partial charge in [0.1, 0.15) is 0 Å². The molecule has 0 bridgehead atoms. The quantitative estimate of drug-likeness (QED) is 0.574. The van der Waals surface area contributed by atoms with E-state index < -0.39 is 5.97 Å². The average Bonchev–Trinajstić information content (AvgIpc) is 3.21. The lowest BCUT2D eigenvalue weighted by Crippen LogP contribution is -2.11. The SMILES string of the molecule is CC(Cn1c(SCC(=O)O)nc2cc(I)ccc21)C1CC1. The van der Waals surface area contributed by atoms with Crippen molar-refractivity contribution in [2.45, 2.75) is 31.5 Å². The van der Waals surface area contributed by atoms with E-state index >= 15 is 0 Å². The van der Waals surface area contributed by atoms with E-state index in [2.05, 4.69) is 57.3 Å². The van der Waals surface area contributed by atoms with Crippen molar-refractivity contribution in [3.8, 4) is 0 Å². The highest BCUT2D eigenvalue weighted by Crippen LogP contribution is 2.38. The summed E-state index contributed by atoms with van der Waals surface area (Å²) in [6, 6.07) is 6.22. The number of aromatic nitrogens is 2. The molecule has 0 spiro atoms. The summed E-state index contributed by atoms with van der Waals surface area (Å²) in [5.74, 6) is 0.691. The molecule has 1 N–H and O–H groups in total. The molecule has 1 saturated carbocycles. The highest BCUT2D eigenvalue weighted by atomic mass is 127. The Morgan fingerprint density at radius 2 is 2.33 bits per heavy atom. The summed E-state index contributed by atoms with van der Waals surface area (Å²) in [4.78, 5) is 15.5. The molecule has 0 amide bonds. The molecular formula is C15H17IN2O2S. The largest absolute Gasteiger partial charge is 0.481 e. The van der Waals surface area contributed by atoms with Gasteiger partial charge in [-0.3, -0.25) is 4.79 Å². The number of benzene rings is 1. The maximum Gasteiger partial charge on any atom is 0.313 e. The predicted molar refractivity (Wildman–Crippen MR) is 92.7 cm³/mol. The standard InChI is InChI=1S/C15H17IN2O2S/c1-9(10-2-3-10)7-18-13-5-4-11(16)6-12(13)17-15(18)21-8-14(19)20/h4-6,9-10H,2-3,7-8H2,1H3,(H,19,20). The molecule has 1 aliphatic carbocycles. The zero-order valence-corrected chi connectivity index (χ0v) is 14.7. The van der Waals surface area contributed by atoms with Crippen LogP contribution in [0.5, 0.6) is 0 Å². The Balaban J connectivity index is 1.95. The second-order valence-electron chi connectivity index (χ2n) is 5.64. The Morgan fingerprint density at radius 1 is 1.57 bits per heavy atom. The minimum Gasteiger partial charge on any atom is -0.481 e. The number of fused-ring (bicyclic) bond motifs is 1. The predicted octanol–water partition coefficient (Wildman–Crippen LogP) is 3.86. The number of carboxylic acid groups (broad SMARTS) is 1. The van der Waals surface area contributed by atoms with Gasteiger partial charge in [-0.1, -0.05) is 18.7 Å². The molecule has 1 heterocycles. The normalized spacial score (nSPS) is 16.3. The lowest BCUT2D eigenvalue weighted by Gasteiger charge is -2.14. The average molecular weight is 416 g/mol. The van der Waals surface area contributed by atoms with Gasteiger partial charge in [0.15, 0.2) is 5.16 Å². The molecule has 1 fully saturated rings. The van der Waals surface area contributed by atoms with E-state index in [1.807, 2.05) is 0 Å². The first-order valence-corrected chi connectivity index (χ1v) is 9.11. The van der Waals surface area contributed by atoms with Crippen molar-refractivity contribution < 1.29 is 9.90 Å². The third kappa shape index (κ3) is 3.53. The van der Waals surface area contributed by atoms with Gasteiger partial charge in [0.25, 0.3) is 0 Å². The number of hydrogen-bond acceptors (Lipinski definition) is 3. The minimum atomic E-state index is -0.802. The van der Waals surface area contributed by atoms with Gasteiger partial charge in [-0.2, -0.15) is 0 Å². The Labute approximate surface area is 141 Å². The second-order valence-corrected chi connectivity index (χ2v) is 7.82. The van der Waals surface area contributed by atoms with Crippen LogP contribution in [-0.2, 0) is 11.3 Å². The topological polar surface area (TPSA) is 55.1 Å². The van der Waals surface area contributed by atoms with Gasteiger partial charge in [-0.25, -0.2) is 4.98 Å². The number of halogens is 1. The molecule has 6 heteroatoms. The van der Waals surface area contributed by atoms with E-state index in [0.717, 1.165) is 32.2 Å². The van der Waals surface area contributed by atoms with Gasteiger partial charge in [0.05, 0.1) is 16.8 Å². The molecule has 112 valence electrons. The fourth-order valence-corrected chi connectivity index (χ4v) is 3.82. The van der Waals surface area contributed by atoms with Gasteiger partial charge in [0.2, 0.25) is 0 Å². The molecule has 3 rings (SSSR count). The number of nitrogens with zero attached hydrogens (tertiary/aromatic N) is 2. The molecule has 0 aliphatic heterocycles. The fraction of sp³-hybridized carbons (Fsp3) is 0.467. The fourth-order valence-electron chi connectivity index (χ4n) is 2.60. The molecule has 1 aliphatic rings. The van der Waals surface area contributed by atoms with Crippen molar-refractivity contribution in [1.29, 1.82) is 0 Å². The van der Waals surface area contributed by atoms with E-state index in [1.54, 1.807) is 0 Å². The van der Waals surface area contributed by atoms with Crippen LogP contribution < -0.4 is 0 Å². The van der Waals surface area contributed by atoms with Crippen molar-refractivity contribution in [3.63, 3.8) is 0 Å². The molecule has 1 atom stereocenters. The van der Waals surface area contributed by atoms with Crippen molar-refractivity contribution >= 4 is 51.4 Å². The number of carbonyl (C=O) groups is 1. The Hall–Kier alpha value is -0.760. The summed E-state index contributed by atoms with van der Waals surface area (Å²) in [5.41, 5.74) is 2.06. The number of carboxylic acids is 1. The molecule has 4 nitrogen and oxygen atoms in total. The van der Waals surface area contributed by atoms with Crippen LogP contribution in [0.25, 0.3) is 11.0 Å². The third-order valence-corrected chi connectivity index (χ3v) is 5.53. The number of rotatable bonds is 6. The van der Waals surface area contributed by atoms with Crippen molar-refractivity contribution in [1.82, 2.24) is 9.55 Å². The van der Waals surface area contributed by atoms with Crippen LogP contribution in [-0.4, -0.2) is 26.4 Å². The molecule has 0 saturated heterocycles. The summed E-state index contributed by atoms with van der Waals surface area (Å²) in [7, 11) is 0. The Morgan fingerprint density at radius 3 is 3.00 bits per heavy atom. The van der Waals surface area contributed by atoms with Crippen LogP contribution in [0, 0.1) is 15.4 Å². The number of thioether (sulfide) groups is 1. The maximum atomic E-state index is 10.8. The van der Waals surface area contributed by atoms with Crippen molar-refractivity contribution in [2.24, 2.45) is 11.8 Å². The van der Waals surface area contributed by atoms with Crippen LogP contribution in [0.1, 0.15) is 19.8 Å². The third-order valence-electron chi connectivity index (χ3n) is 3.90. The minimum absolute atomic E-state index is 0.0538. The van der Waals surface area contributed by atoms with E-state index in [0.29, 0.717) is 5.92 Å². The Bertz CT molecular complexity index is 682. The lowest BCUT2D eigenvalue weighted by atomic mass is 10.1. The molecule has 0 radical (unpaired) electrons. The monoisotopic (exact) mass is 416 g/mol. The van der Waals surface area contributed by atoms with E-state index in [4.69, 9.17) is 5.11 Å². The van der Waals surface area contributed by atoms with Gasteiger partial charge < -0.3 is 9.67 Å². The zero-order chi connectivity index (χ0) is 15.0. The number of imidazole rings is 1. The van der Waals surface area contributed by atoms with E-state index in [9.17, 15) is 4.79 Å². The van der Waals surface area contributed by atoms with Gasteiger partial charge >= 0.3 is 5.97 Å². The summed E-state index contributed by atoms with van der Waals surface area (Å²) in [5, 5.41) is 9.73. The first kappa shape index (κ1) is 15.1. The highest BCUT2D eigenvalue weighted by Gasteiger charge is 2.29. The number of hydrogen-bond donors (Lipinski definition) is 1. The smallest absolute Gasteiger partial charge is 0.313 e. The summed E-state index contributed by atoms with van der Waals surface area (Å²) >= 11 is 3.59. The summed E-state index contributed by atoms with van der Waals surface area (Å²) in [6.07, 6.45) is 2.65. The molecule has 2 aromatic rings. The van der Waals surface area contributed by atoms with Gasteiger partial charge in [0, 0.05) is 10.1 Å². The first-order valence-electron chi connectivity index (χ1n) is 7.05. The summed E-state index contributed by atoms with van der Waals surface area (Å²) < 4.78 is 3.34.